The Hall–Kier alpha value is -17.1. The van der Waals surface area contributed by atoms with Crippen LogP contribution in [0.3, 0.4) is 0 Å². The summed E-state index contributed by atoms with van der Waals surface area (Å²) in [5.41, 5.74) is 23.6. The number of allylic oxidation sites excluding steroid dienone is 8. The zero-order chi connectivity index (χ0) is 107. The van der Waals surface area contributed by atoms with Crippen LogP contribution in [0.15, 0.2) is 250 Å². The van der Waals surface area contributed by atoms with E-state index in [0.29, 0.717) is 98.7 Å². The number of methoxy groups -OCH3 is 10. The highest BCUT2D eigenvalue weighted by molar-refractivity contribution is 6.61. The Bertz CT molecular complexity index is 7130. The molecular formula is C115H116B2F2N6O24. The highest BCUT2D eigenvalue weighted by Gasteiger charge is 2.34. The minimum absolute atomic E-state index is 0.0387. The summed E-state index contributed by atoms with van der Waals surface area (Å²) in [4.78, 5) is 73.3. The van der Waals surface area contributed by atoms with Crippen LogP contribution in [0, 0.1) is 11.6 Å². The molecule has 0 fully saturated rings. The molecule has 0 saturated heterocycles. The van der Waals surface area contributed by atoms with E-state index in [1.54, 1.807) is 95.6 Å². The van der Waals surface area contributed by atoms with Crippen molar-refractivity contribution in [3.63, 3.8) is 0 Å². The highest BCUT2D eigenvalue weighted by Crippen LogP contribution is 2.51. The minimum atomic E-state index is -1.77. The first-order valence-electron chi connectivity index (χ1n) is 47.4. The number of ether oxygens (including phenoxy) is 10. The van der Waals surface area contributed by atoms with Gasteiger partial charge in [0.05, 0.1) is 146 Å². The molecule has 10 aromatic carbocycles. The lowest BCUT2D eigenvalue weighted by molar-refractivity contribution is -0.137. The molecule has 0 saturated carbocycles. The highest BCUT2D eigenvalue weighted by atomic mass is 19.1. The second-order valence-corrected chi connectivity index (χ2v) is 34.6. The van der Waals surface area contributed by atoms with Crippen molar-refractivity contribution in [1.29, 1.82) is 0 Å². The standard InChI is InChI=1S/C31H31FN2O5.C31H32N2O6.C27H28BNO7.C26H25BFNO6/c1-19-24(13-21-14-27(38-2)31(28(15-21)39-3)33-12-11-30(36)37)23-10-9-22(32)16-26(23)25(19)17-29(35)34-18-20-7-5-4-6-8-20;1-19-24(14-20-15-27(38-3)31(28(16-20)39-4)32-13-12-30(35)36)23-11-10-22(37-2)17-26(23)25(19)18-29(34)33-21-8-6-5-7-9-21;1-16-21(10-17-11-24(34-3)27(28(31)32)25(12-17)35-4)20-8-7-18(33-2)13-23(20)22(16)14-26(30)29-15-19-6-5-9-36-19;1-15-20(9-16-10-23(33-2)26(27(31)32)24(11-16)34-3)19-7-6-17(28)12-22(19)21(15)13-25(30)29-14-18-5-4-8-35-18/h4-10,13-16,33H,11-12,17-18H2,1-3H3,(H,34,35)(H,36,37);5-11,14-17,32H,12-13,18H2,1-4H3,(H,33,34)(H,35,36);5-13,31-32H,14-15H2,1-4H3,(H,29,30);4-12,31-32H,13-14H2,1-3H3,(H,29,30)/b24-13-;24-14-;21-10-;20-9-. The number of para-hydroxylation sites is 1. The summed E-state index contributed by atoms with van der Waals surface area (Å²) in [5, 5.41) is 74.8. The van der Waals surface area contributed by atoms with E-state index >= 15 is 0 Å². The predicted octanol–water partition coefficient (Wildman–Crippen LogP) is 17.9. The minimum Gasteiger partial charge on any atom is -0.497 e. The summed E-state index contributed by atoms with van der Waals surface area (Å²) in [6.45, 7) is 9.24. The van der Waals surface area contributed by atoms with Crippen molar-refractivity contribution in [2.45, 2.75) is 85.9 Å². The van der Waals surface area contributed by atoms with Crippen LogP contribution in [0.5, 0.6) is 57.5 Å². The smallest absolute Gasteiger partial charge is 0.496 e. The number of benzene rings is 10. The van der Waals surface area contributed by atoms with E-state index in [-0.39, 0.29) is 110 Å². The molecule has 2 heterocycles. The fraction of sp³-hybridized carbons (Fsp3) is 0.217. The van der Waals surface area contributed by atoms with Crippen molar-refractivity contribution in [2.24, 2.45) is 0 Å². The third-order valence-corrected chi connectivity index (χ3v) is 25.4. The van der Waals surface area contributed by atoms with Crippen LogP contribution >= 0.6 is 0 Å². The molecule has 12 aromatic rings. The number of amides is 4. The van der Waals surface area contributed by atoms with Gasteiger partial charge in [0.1, 0.15) is 92.0 Å². The molecule has 4 aliphatic rings. The molecule has 30 nitrogen and oxygen atoms in total. The molecule has 0 aliphatic heterocycles. The number of hydrogen-bond acceptors (Lipinski definition) is 24. The van der Waals surface area contributed by atoms with Crippen LogP contribution in [0.2, 0.25) is 0 Å². The van der Waals surface area contributed by atoms with E-state index < -0.39 is 32.0 Å². The van der Waals surface area contributed by atoms with Crippen molar-refractivity contribution in [1.82, 2.24) is 16.0 Å². The van der Waals surface area contributed by atoms with Gasteiger partial charge in [0.25, 0.3) is 0 Å². The summed E-state index contributed by atoms with van der Waals surface area (Å²) in [6.07, 6.45) is 11.4. The average Bonchev–Trinajstić information content (AvgIpc) is 1.63. The molecule has 0 unspecified atom stereocenters. The summed E-state index contributed by atoms with van der Waals surface area (Å²) in [6, 6.07) is 61.0. The van der Waals surface area contributed by atoms with Crippen LogP contribution in [-0.2, 0) is 48.4 Å². The summed E-state index contributed by atoms with van der Waals surface area (Å²) >= 11 is 0. The zero-order valence-corrected chi connectivity index (χ0v) is 84.8. The van der Waals surface area contributed by atoms with Gasteiger partial charge in [-0.2, -0.15) is 0 Å². The van der Waals surface area contributed by atoms with Gasteiger partial charge in [-0.05, 0) is 325 Å². The fourth-order valence-electron chi connectivity index (χ4n) is 18.0. The summed E-state index contributed by atoms with van der Waals surface area (Å²) in [7, 11) is 11.6. The summed E-state index contributed by atoms with van der Waals surface area (Å²) < 4.78 is 93.8. The first kappa shape index (κ1) is 109. The number of nitrogens with one attached hydrogen (secondary N) is 6. The number of carboxylic acid groups (broad SMARTS) is 2. The molecule has 12 N–H and O–H groups in total. The Labute approximate surface area is 862 Å². The van der Waals surface area contributed by atoms with Crippen LogP contribution < -0.4 is 90.2 Å². The van der Waals surface area contributed by atoms with Gasteiger partial charge in [-0.3, -0.25) is 28.8 Å². The number of carboxylic acids is 2. The largest absolute Gasteiger partial charge is 0.497 e. The average molecular weight is 2030 g/mol. The molecule has 0 radical (unpaired) electrons. The molecule has 0 atom stereocenters. The predicted molar refractivity (Wildman–Crippen MR) is 573 cm³/mol. The quantitative estimate of drug-likeness (QED) is 0.0159. The molecular weight excluding hydrogens is 1910 g/mol. The lowest BCUT2D eigenvalue weighted by atomic mass is 9.78. The number of halogens is 2. The first-order chi connectivity index (χ1) is 71.8. The molecule has 4 aliphatic carbocycles. The number of carbonyl (C=O) groups is 6. The molecule has 149 heavy (non-hydrogen) atoms. The van der Waals surface area contributed by atoms with Gasteiger partial charge >= 0.3 is 26.2 Å². The number of furan rings is 2. The van der Waals surface area contributed by atoms with Gasteiger partial charge in [-0.1, -0.05) is 72.8 Å². The zero-order valence-electron chi connectivity index (χ0n) is 84.8. The second-order valence-electron chi connectivity index (χ2n) is 34.6. The third kappa shape index (κ3) is 27.0. The molecule has 0 spiro atoms. The van der Waals surface area contributed by atoms with Crippen LogP contribution in [0.25, 0.3) is 68.9 Å². The molecule has 34 heteroatoms. The second kappa shape index (κ2) is 51.1. The number of aliphatic carboxylic acids is 2. The first-order valence-corrected chi connectivity index (χ1v) is 47.4. The molecule has 0 bridgehead atoms. The lowest BCUT2D eigenvalue weighted by Gasteiger charge is -2.16. The third-order valence-electron chi connectivity index (χ3n) is 25.4. The maximum atomic E-state index is 14.3. The maximum Gasteiger partial charge on any atom is 0.496 e. The molecule has 2 aromatic heterocycles. The van der Waals surface area contributed by atoms with Gasteiger partial charge in [-0.25, -0.2) is 8.78 Å². The van der Waals surface area contributed by atoms with Gasteiger partial charge in [0.15, 0.2) is 0 Å². The number of fused-ring (bicyclic) bond motifs is 4. The van der Waals surface area contributed by atoms with E-state index in [9.17, 15) is 57.6 Å². The Morgan fingerprint density at radius 3 is 0.919 bits per heavy atom. The Kier molecular flexibility index (Phi) is 37.5. The Morgan fingerprint density at radius 1 is 0.329 bits per heavy atom. The number of carbonyl (C=O) groups excluding carboxylic acids is 4. The normalized spacial score (nSPS) is 13.4. The Morgan fingerprint density at radius 2 is 0.624 bits per heavy atom. The fourth-order valence-corrected chi connectivity index (χ4v) is 18.0. The summed E-state index contributed by atoms with van der Waals surface area (Å²) in [5.74, 6) is 2.71. The van der Waals surface area contributed by atoms with Gasteiger partial charge in [-0.15, -0.1) is 0 Å². The number of anilines is 3. The van der Waals surface area contributed by atoms with Crippen molar-refractivity contribution in [3.05, 3.63) is 337 Å². The van der Waals surface area contributed by atoms with Gasteiger partial charge in [0, 0.05) is 25.3 Å². The van der Waals surface area contributed by atoms with E-state index in [2.05, 4.69) is 31.9 Å². The molecule has 16 rings (SSSR count). The van der Waals surface area contributed by atoms with Crippen LogP contribution in [0.4, 0.5) is 25.8 Å². The van der Waals surface area contributed by atoms with Crippen LogP contribution in [0.1, 0.15) is 150 Å². The van der Waals surface area contributed by atoms with Crippen molar-refractivity contribution in [2.75, 3.05) is 100 Å². The maximum absolute atomic E-state index is 14.3. The van der Waals surface area contributed by atoms with E-state index in [4.69, 9.17) is 66.4 Å². The topological polar surface area (TPSA) is 415 Å². The van der Waals surface area contributed by atoms with Gasteiger partial charge in [0.2, 0.25) is 23.6 Å². The number of hydrogen-bond donors (Lipinski definition) is 12. The SMILES string of the molecule is COc1cc(/C=C2/C(C)=C(CC(=O)NCc3ccccc3)c3cc(F)ccc32)cc(OC)c1NCCC(=O)O.COc1cc(/C=C2/C(C)=C(CC(=O)NCc3ccco3)c3cc(F)ccc32)cc(OC)c1B(O)O.COc1ccc2c(c1)C(CC(=O)NCc1ccco1)=C(C)/C2=C/c1cc(OC)c(B(O)O)c(OC)c1.COc1ccc2c(c1)C(CC(=O)Nc1ccccc1)=C(C)/C2=C/c1cc(OC)c(NCCC(=O)O)c(OC)c1. The van der Waals surface area contributed by atoms with Crippen molar-refractivity contribution < 1.29 is 124 Å². The van der Waals surface area contributed by atoms with Crippen LogP contribution in [-0.4, -0.2) is 164 Å². The molecule has 4 amide bonds. The lowest BCUT2D eigenvalue weighted by Crippen LogP contribution is -2.32. The van der Waals surface area contributed by atoms with E-state index in [1.165, 1.54) is 66.9 Å². The van der Waals surface area contributed by atoms with Crippen molar-refractivity contribution >= 4 is 147 Å². The van der Waals surface area contributed by atoms with Gasteiger partial charge < -0.3 is 118 Å². The van der Waals surface area contributed by atoms with Crippen molar-refractivity contribution in [3.8, 4) is 57.5 Å². The van der Waals surface area contributed by atoms with E-state index in [1.807, 2.05) is 179 Å². The van der Waals surface area contributed by atoms with E-state index in [0.717, 1.165) is 128 Å². The Balaban J connectivity index is 0.000000166. The molecule has 770 valence electrons. The monoisotopic (exact) mass is 2020 g/mol. The number of rotatable bonds is 39.